The van der Waals surface area contributed by atoms with Crippen LogP contribution in [0.5, 0.6) is 0 Å². The second kappa shape index (κ2) is 4.32. The Bertz CT molecular complexity index is 196. The molecule has 0 aliphatic heterocycles. The molecule has 12 heavy (non-hydrogen) atoms. The van der Waals surface area contributed by atoms with Crippen LogP contribution >= 0.6 is 12.6 Å². The van der Waals surface area contributed by atoms with Crippen LogP contribution < -0.4 is 5.73 Å². The van der Waals surface area contributed by atoms with Gasteiger partial charge in [-0.1, -0.05) is 0 Å². The lowest BCUT2D eigenvalue weighted by Crippen LogP contribution is -2.57. The summed E-state index contributed by atoms with van der Waals surface area (Å²) >= 11 is 3.67. The van der Waals surface area contributed by atoms with Crippen molar-refractivity contribution < 1.29 is 19.4 Å². The molecule has 0 aromatic carbocycles. The molecule has 5 nitrogen and oxygen atoms in total. The molecule has 0 saturated heterocycles. The second-order valence-electron chi connectivity index (χ2n) is 2.16. The average molecular weight is 193 g/mol. The topological polar surface area (TPSA) is 89.6 Å². The van der Waals surface area contributed by atoms with Gasteiger partial charge in [0.25, 0.3) is 0 Å². The summed E-state index contributed by atoms with van der Waals surface area (Å²) in [6.45, 7) is 1.66. The van der Waals surface area contributed by atoms with Gasteiger partial charge in [-0.3, -0.25) is 0 Å². The van der Waals surface area contributed by atoms with Gasteiger partial charge in [0.05, 0.1) is 6.61 Å². The third-order valence-corrected chi connectivity index (χ3v) is 1.77. The average Bonchev–Trinajstić information content (AvgIpc) is 2.03. The lowest BCUT2D eigenvalue weighted by atomic mass is 10.1. The van der Waals surface area contributed by atoms with E-state index in [1.807, 2.05) is 0 Å². The first-order valence-corrected chi connectivity index (χ1v) is 3.92. The minimum Gasteiger partial charge on any atom is -0.479 e. The lowest BCUT2D eigenvalue weighted by Gasteiger charge is -2.19. The zero-order valence-electron chi connectivity index (χ0n) is 6.61. The second-order valence-corrected chi connectivity index (χ2v) is 2.47. The molecule has 0 fully saturated rings. The molecule has 0 aromatic rings. The molecule has 0 amide bonds. The van der Waals surface area contributed by atoms with Crippen molar-refractivity contribution in [3.63, 3.8) is 0 Å². The summed E-state index contributed by atoms with van der Waals surface area (Å²) in [5.74, 6) is -2.69. The van der Waals surface area contributed by atoms with E-state index in [2.05, 4.69) is 17.4 Å². The van der Waals surface area contributed by atoms with Gasteiger partial charge in [0, 0.05) is 5.75 Å². The number of hydrogen-bond donors (Lipinski definition) is 3. The minimum atomic E-state index is -2.03. The molecule has 0 radical (unpaired) electrons. The fourth-order valence-corrected chi connectivity index (χ4v) is 0.744. The zero-order chi connectivity index (χ0) is 9.78. The van der Waals surface area contributed by atoms with Crippen LogP contribution in [-0.2, 0) is 14.3 Å². The smallest absolute Gasteiger partial charge is 0.338 e. The molecule has 3 N–H and O–H groups in total. The maximum atomic E-state index is 11.0. The van der Waals surface area contributed by atoms with Gasteiger partial charge in [0.1, 0.15) is 0 Å². The minimum absolute atomic E-state index is 0.0961. The summed E-state index contributed by atoms with van der Waals surface area (Å²) < 4.78 is 4.47. The van der Waals surface area contributed by atoms with Gasteiger partial charge in [-0.05, 0) is 6.92 Å². The van der Waals surface area contributed by atoms with Crippen molar-refractivity contribution in [1.29, 1.82) is 0 Å². The predicted molar refractivity (Wildman–Crippen MR) is 45.0 cm³/mol. The lowest BCUT2D eigenvalue weighted by molar-refractivity contribution is -0.159. The number of thiol groups is 1. The van der Waals surface area contributed by atoms with Gasteiger partial charge in [-0.25, -0.2) is 9.59 Å². The number of nitrogens with two attached hydrogens (primary N) is 1. The Kier molecular flexibility index (Phi) is 4.05. The molecule has 0 aliphatic carbocycles. The van der Waals surface area contributed by atoms with E-state index in [-0.39, 0.29) is 12.4 Å². The van der Waals surface area contributed by atoms with Gasteiger partial charge < -0.3 is 15.6 Å². The van der Waals surface area contributed by atoms with Crippen molar-refractivity contribution >= 4 is 24.6 Å². The van der Waals surface area contributed by atoms with E-state index in [1.54, 1.807) is 6.92 Å². The number of aliphatic carboxylic acids is 1. The van der Waals surface area contributed by atoms with Crippen molar-refractivity contribution in [3.05, 3.63) is 0 Å². The van der Waals surface area contributed by atoms with Crippen molar-refractivity contribution in [2.75, 3.05) is 12.4 Å². The summed E-state index contributed by atoms with van der Waals surface area (Å²) in [6.07, 6.45) is 0. The highest BCUT2D eigenvalue weighted by Gasteiger charge is 2.42. The third-order valence-electron chi connectivity index (χ3n) is 1.27. The normalized spacial score (nSPS) is 14.9. The summed E-state index contributed by atoms with van der Waals surface area (Å²) in [5.41, 5.74) is 3.19. The maximum Gasteiger partial charge on any atom is 0.338 e. The Morgan fingerprint density at radius 2 is 2.17 bits per heavy atom. The molecule has 6 heteroatoms. The number of carbonyl (C=O) groups is 2. The van der Waals surface area contributed by atoms with Gasteiger partial charge in [-0.15, -0.1) is 0 Å². The van der Waals surface area contributed by atoms with E-state index in [4.69, 9.17) is 10.8 Å². The first-order chi connectivity index (χ1) is 5.49. The van der Waals surface area contributed by atoms with Gasteiger partial charge in [-0.2, -0.15) is 12.6 Å². The van der Waals surface area contributed by atoms with Crippen LogP contribution in [0.3, 0.4) is 0 Å². The van der Waals surface area contributed by atoms with Crippen LogP contribution in [-0.4, -0.2) is 34.9 Å². The van der Waals surface area contributed by atoms with Crippen molar-refractivity contribution in [1.82, 2.24) is 0 Å². The quantitative estimate of drug-likeness (QED) is 0.311. The van der Waals surface area contributed by atoms with Crippen LogP contribution in [0.25, 0.3) is 0 Å². The molecule has 1 atom stereocenters. The van der Waals surface area contributed by atoms with E-state index >= 15 is 0 Å². The Hall–Kier alpha value is -0.750. The highest BCUT2D eigenvalue weighted by atomic mass is 32.1. The molecular weight excluding hydrogens is 182 g/mol. The fraction of sp³-hybridized carbons (Fsp3) is 0.667. The van der Waals surface area contributed by atoms with Crippen molar-refractivity contribution in [2.24, 2.45) is 5.73 Å². The zero-order valence-corrected chi connectivity index (χ0v) is 7.51. The molecule has 0 saturated carbocycles. The molecule has 0 spiro atoms. The first-order valence-electron chi connectivity index (χ1n) is 3.29. The van der Waals surface area contributed by atoms with Gasteiger partial charge in [0.2, 0.25) is 5.54 Å². The third kappa shape index (κ3) is 2.12. The number of carbonyl (C=O) groups excluding carboxylic acids is 1. The summed E-state index contributed by atoms with van der Waals surface area (Å²) in [7, 11) is 0. The molecule has 0 heterocycles. The van der Waals surface area contributed by atoms with E-state index in [9.17, 15) is 9.59 Å². The van der Waals surface area contributed by atoms with Crippen molar-refractivity contribution in [3.8, 4) is 0 Å². The number of carboxylic acid groups (broad SMARTS) is 1. The van der Waals surface area contributed by atoms with E-state index in [0.29, 0.717) is 0 Å². The molecule has 70 valence electrons. The highest BCUT2D eigenvalue weighted by molar-refractivity contribution is 7.80. The van der Waals surface area contributed by atoms with Crippen LogP contribution in [0.2, 0.25) is 0 Å². The van der Waals surface area contributed by atoms with E-state index < -0.39 is 17.5 Å². The standard InChI is InChI=1S/C6H11NO4S/c1-2-11-5(10)6(7,3-12)4(8)9/h12H,2-3,7H2,1H3,(H,8,9). The predicted octanol–water partition coefficient (Wildman–Crippen LogP) is -0.739. The number of ether oxygens (including phenoxy) is 1. The van der Waals surface area contributed by atoms with E-state index in [1.165, 1.54) is 0 Å². The van der Waals surface area contributed by atoms with Crippen LogP contribution in [0.4, 0.5) is 0 Å². The van der Waals surface area contributed by atoms with Crippen molar-refractivity contribution in [2.45, 2.75) is 12.5 Å². The number of rotatable bonds is 4. The number of esters is 1. The molecule has 0 aromatic heterocycles. The molecular formula is C6H11NO4S. The van der Waals surface area contributed by atoms with Gasteiger partial charge in [0.15, 0.2) is 0 Å². The van der Waals surface area contributed by atoms with Gasteiger partial charge >= 0.3 is 11.9 Å². The van der Waals surface area contributed by atoms with Crippen LogP contribution in [0.15, 0.2) is 0 Å². The van der Waals surface area contributed by atoms with Crippen LogP contribution in [0.1, 0.15) is 6.92 Å². The summed E-state index contributed by atoms with van der Waals surface area (Å²) in [5, 5.41) is 8.55. The SMILES string of the molecule is CCOC(=O)C(N)(CS)C(=O)O. The number of carboxylic acids is 1. The Balaban J connectivity index is 4.52. The summed E-state index contributed by atoms with van der Waals surface area (Å²) in [4.78, 5) is 21.5. The first kappa shape index (κ1) is 11.2. The molecule has 0 rings (SSSR count). The Morgan fingerprint density at radius 3 is 2.42 bits per heavy atom. The molecule has 0 aliphatic rings. The van der Waals surface area contributed by atoms with E-state index in [0.717, 1.165) is 0 Å². The largest absolute Gasteiger partial charge is 0.479 e. The van der Waals surface area contributed by atoms with Crippen LogP contribution in [0, 0.1) is 0 Å². The molecule has 0 bridgehead atoms. The summed E-state index contributed by atoms with van der Waals surface area (Å²) in [6, 6.07) is 0. The Labute approximate surface area is 75.3 Å². The monoisotopic (exact) mass is 193 g/mol. The Morgan fingerprint density at radius 1 is 1.67 bits per heavy atom. The fourth-order valence-electron chi connectivity index (χ4n) is 0.479. The molecule has 1 unspecified atom stereocenters. The number of hydrogen-bond acceptors (Lipinski definition) is 5. The highest BCUT2D eigenvalue weighted by Crippen LogP contribution is 2.06. The maximum absolute atomic E-state index is 11.0.